The molecule has 6 heteroatoms. The molecule has 1 aliphatic rings. The average molecular weight is 305 g/mol. The normalized spacial score (nSPS) is 19.9. The largest absolute Gasteiger partial charge is 0.349 e. The van der Waals surface area contributed by atoms with Crippen molar-refractivity contribution in [3.05, 3.63) is 35.4 Å². The van der Waals surface area contributed by atoms with Crippen molar-refractivity contribution in [2.45, 2.75) is 25.8 Å². The summed E-state index contributed by atoms with van der Waals surface area (Å²) in [6, 6.07) is 2.94. The van der Waals surface area contributed by atoms with Gasteiger partial charge in [0.05, 0.1) is 12.0 Å². The molecule has 2 rings (SSSR count). The summed E-state index contributed by atoms with van der Waals surface area (Å²) in [5, 5.41) is 5.95. The molecule has 1 aliphatic heterocycles. The van der Waals surface area contributed by atoms with Crippen molar-refractivity contribution in [3.8, 4) is 0 Å². The van der Waals surface area contributed by atoms with Gasteiger partial charge in [0.25, 0.3) is 0 Å². The zero-order chi connectivity index (χ0) is 13.8. The maximum atomic E-state index is 13.6. The van der Waals surface area contributed by atoms with E-state index in [4.69, 9.17) is 0 Å². The highest BCUT2D eigenvalue weighted by atomic mass is 35.5. The first-order valence-electron chi connectivity index (χ1n) is 6.54. The second-order valence-corrected chi connectivity index (χ2v) is 4.94. The predicted octanol–water partition coefficient (Wildman–Crippen LogP) is 2.56. The van der Waals surface area contributed by atoms with Crippen LogP contribution in [0.25, 0.3) is 0 Å². The van der Waals surface area contributed by atoms with Crippen LogP contribution in [0.2, 0.25) is 0 Å². The first-order valence-corrected chi connectivity index (χ1v) is 6.54. The van der Waals surface area contributed by atoms with Crippen LogP contribution in [-0.2, 0) is 4.79 Å². The van der Waals surface area contributed by atoms with Crippen LogP contribution in [0.4, 0.5) is 8.78 Å². The van der Waals surface area contributed by atoms with Crippen LogP contribution >= 0.6 is 12.4 Å². The molecule has 0 saturated carbocycles. The summed E-state index contributed by atoms with van der Waals surface area (Å²) in [4.78, 5) is 12.0. The Morgan fingerprint density at radius 3 is 2.80 bits per heavy atom. The molecule has 1 unspecified atom stereocenters. The molecule has 0 spiro atoms. The van der Waals surface area contributed by atoms with E-state index >= 15 is 0 Å². The van der Waals surface area contributed by atoms with Gasteiger partial charge in [0.2, 0.25) is 5.91 Å². The predicted molar refractivity (Wildman–Crippen MR) is 75.8 cm³/mol. The molecule has 1 fully saturated rings. The summed E-state index contributed by atoms with van der Waals surface area (Å²) in [5.74, 6) is -1.39. The molecule has 0 radical (unpaired) electrons. The summed E-state index contributed by atoms with van der Waals surface area (Å²) in [7, 11) is 0. The lowest BCUT2D eigenvalue weighted by Crippen LogP contribution is -2.41. The number of piperidine rings is 1. The van der Waals surface area contributed by atoms with Gasteiger partial charge >= 0.3 is 0 Å². The Bertz CT molecular complexity index is 464. The Morgan fingerprint density at radius 1 is 1.45 bits per heavy atom. The summed E-state index contributed by atoms with van der Waals surface area (Å²) >= 11 is 0. The van der Waals surface area contributed by atoms with Gasteiger partial charge in [-0.2, -0.15) is 0 Å². The molecule has 0 aromatic heterocycles. The van der Waals surface area contributed by atoms with Crippen molar-refractivity contribution >= 4 is 18.3 Å². The van der Waals surface area contributed by atoms with E-state index in [9.17, 15) is 13.6 Å². The van der Waals surface area contributed by atoms with Gasteiger partial charge in [0.1, 0.15) is 11.6 Å². The molecule has 20 heavy (non-hydrogen) atoms. The Balaban J connectivity index is 0.00000200. The van der Waals surface area contributed by atoms with Crippen LogP contribution in [0.5, 0.6) is 0 Å². The lowest BCUT2D eigenvalue weighted by Gasteiger charge is -2.24. The van der Waals surface area contributed by atoms with Gasteiger partial charge in [0, 0.05) is 18.2 Å². The Labute approximate surface area is 123 Å². The fraction of sp³-hybridized carbons (Fsp3) is 0.500. The number of hydrogen-bond acceptors (Lipinski definition) is 2. The van der Waals surface area contributed by atoms with E-state index in [-0.39, 0.29) is 24.2 Å². The van der Waals surface area contributed by atoms with Crippen molar-refractivity contribution in [1.82, 2.24) is 10.6 Å². The number of carbonyl (C=O) groups excluding carboxylic acids is 1. The molecule has 1 saturated heterocycles. The van der Waals surface area contributed by atoms with Gasteiger partial charge in [0.15, 0.2) is 0 Å². The number of halogens is 3. The molecular weight excluding hydrogens is 286 g/mol. The van der Waals surface area contributed by atoms with E-state index in [0.29, 0.717) is 12.1 Å². The highest BCUT2D eigenvalue weighted by molar-refractivity contribution is 5.85. The topological polar surface area (TPSA) is 41.1 Å². The summed E-state index contributed by atoms with van der Waals surface area (Å²) in [5.41, 5.74) is 0.304. The number of rotatable bonds is 3. The van der Waals surface area contributed by atoms with Gasteiger partial charge in [-0.1, -0.05) is 6.07 Å². The summed E-state index contributed by atoms with van der Waals surface area (Å²) in [6.07, 6.45) is 1.81. The molecule has 1 aromatic rings. The molecule has 0 bridgehead atoms. The fourth-order valence-corrected chi connectivity index (χ4v) is 2.34. The van der Waals surface area contributed by atoms with E-state index in [1.807, 2.05) is 0 Å². The van der Waals surface area contributed by atoms with Crippen LogP contribution in [0.1, 0.15) is 31.4 Å². The molecule has 0 aliphatic carbocycles. The quantitative estimate of drug-likeness (QED) is 0.901. The van der Waals surface area contributed by atoms with Crippen LogP contribution < -0.4 is 10.6 Å². The Hall–Kier alpha value is -1.20. The van der Waals surface area contributed by atoms with Gasteiger partial charge in [-0.05, 0) is 32.4 Å². The van der Waals surface area contributed by atoms with E-state index < -0.39 is 17.7 Å². The SMILES string of the molecule is CC(NC(=O)[C@@H]1CCCNC1)c1ccc(F)cc1F.Cl. The lowest BCUT2D eigenvalue weighted by molar-refractivity contribution is -0.126. The van der Waals surface area contributed by atoms with Crippen molar-refractivity contribution in [2.75, 3.05) is 13.1 Å². The molecule has 112 valence electrons. The van der Waals surface area contributed by atoms with Crippen LogP contribution in [0, 0.1) is 17.6 Å². The molecular formula is C14H19ClF2N2O. The maximum Gasteiger partial charge on any atom is 0.224 e. The first-order chi connectivity index (χ1) is 9.08. The Morgan fingerprint density at radius 2 is 2.20 bits per heavy atom. The molecule has 1 amide bonds. The van der Waals surface area contributed by atoms with Crippen LogP contribution in [0.3, 0.4) is 0 Å². The number of carbonyl (C=O) groups is 1. The standard InChI is InChI=1S/C14H18F2N2O.ClH/c1-9(12-5-4-11(15)7-13(12)16)18-14(19)10-3-2-6-17-8-10;/h4-5,7,9-10,17H,2-3,6,8H2,1H3,(H,18,19);1H/t9?,10-;/m1./s1. The number of nitrogens with one attached hydrogen (secondary N) is 2. The first kappa shape index (κ1) is 16.9. The van der Waals surface area contributed by atoms with Crippen molar-refractivity contribution in [3.63, 3.8) is 0 Å². The molecule has 1 heterocycles. The minimum atomic E-state index is -0.630. The van der Waals surface area contributed by atoms with Crippen molar-refractivity contribution in [1.29, 1.82) is 0 Å². The Kier molecular flexibility index (Phi) is 6.36. The zero-order valence-electron chi connectivity index (χ0n) is 11.3. The van der Waals surface area contributed by atoms with E-state index in [0.717, 1.165) is 25.5 Å². The zero-order valence-corrected chi connectivity index (χ0v) is 12.1. The third-order valence-corrected chi connectivity index (χ3v) is 3.46. The number of hydrogen-bond donors (Lipinski definition) is 2. The van der Waals surface area contributed by atoms with E-state index in [1.54, 1.807) is 6.92 Å². The smallest absolute Gasteiger partial charge is 0.224 e. The van der Waals surface area contributed by atoms with Gasteiger partial charge < -0.3 is 10.6 Å². The minimum Gasteiger partial charge on any atom is -0.349 e. The average Bonchev–Trinajstić information content (AvgIpc) is 2.39. The van der Waals surface area contributed by atoms with Crippen LogP contribution in [-0.4, -0.2) is 19.0 Å². The number of amides is 1. The van der Waals surface area contributed by atoms with Crippen molar-refractivity contribution < 1.29 is 13.6 Å². The van der Waals surface area contributed by atoms with Gasteiger partial charge in [-0.15, -0.1) is 12.4 Å². The molecule has 2 atom stereocenters. The molecule has 2 N–H and O–H groups in total. The van der Waals surface area contributed by atoms with Crippen molar-refractivity contribution in [2.24, 2.45) is 5.92 Å². The van der Waals surface area contributed by atoms with Gasteiger partial charge in [-0.25, -0.2) is 8.78 Å². The molecule has 1 aromatic carbocycles. The molecule has 3 nitrogen and oxygen atoms in total. The number of benzene rings is 1. The monoisotopic (exact) mass is 304 g/mol. The van der Waals surface area contributed by atoms with Gasteiger partial charge in [-0.3, -0.25) is 4.79 Å². The maximum absolute atomic E-state index is 13.6. The highest BCUT2D eigenvalue weighted by Crippen LogP contribution is 2.19. The fourth-order valence-electron chi connectivity index (χ4n) is 2.34. The summed E-state index contributed by atoms with van der Waals surface area (Å²) < 4.78 is 26.4. The minimum absolute atomic E-state index is 0. The van der Waals surface area contributed by atoms with E-state index in [2.05, 4.69) is 10.6 Å². The second-order valence-electron chi connectivity index (χ2n) is 4.94. The highest BCUT2D eigenvalue weighted by Gasteiger charge is 2.23. The lowest BCUT2D eigenvalue weighted by atomic mass is 9.98. The third-order valence-electron chi connectivity index (χ3n) is 3.46. The van der Waals surface area contributed by atoms with E-state index in [1.165, 1.54) is 12.1 Å². The second kappa shape index (κ2) is 7.55. The summed E-state index contributed by atoms with van der Waals surface area (Å²) in [6.45, 7) is 3.29. The third kappa shape index (κ3) is 4.15. The van der Waals surface area contributed by atoms with Crippen LogP contribution in [0.15, 0.2) is 18.2 Å².